The molecule has 106 valence electrons. The number of hydrogen-bond acceptors (Lipinski definition) is 2. The van der Waals surface area contributed by atoms with Gasteiger partial charge in [-0.2, -0.15) is 0 Å². The highest BCUT2D eigenvalue weighted by molar-refractivity contribution is 6.07. The van der Waals surface area contributed by atoms with E-state index in [0.29, 0.717) is 0 Å². The minimum absolute atomic E-state index is 0.958. The van der Waals surface area contributed by atoms with Gasteiger partial charge in [-0.3, -0.25) is 4.99 Å². The van der Waals surface area contributed by atoms with Crippen LogP contribution in [0.2, 0.25) is 0 Å². The van der Waals surface area contributed by atoms with Gasteiger partial charge in [-0.25, -0.2) is 0 Å². The normalized spacial score (nSPS) is 17.5. The zero-order chi connectivity index (χ0) is 14.1. The maximum Gasteiger partial charge on any atom is 0.0669 e. The molecule has 0 spiro atoms. The number of anilines is 1. The van der Waals surface area contributed by atoms with E-state index in [1.807, 2.05) is 0 Å². The topological polar surface area (TPSA) is 15.6 Å². The quantitative estimate of drug-likeness (QED) is 0.796. The van der Waals surface area contributed by atoms with Crippen LogP contribution in [-0.2, 0) is 6.42 Å². The molecule has 1 fully saturated rings. The largest absolute Gasteiger partial charge is 0.372 e. The third kappa shape index (κ3) is 2.46. The summed E-state index contributed by atoms with van der Waals surface area (Å²) in [5.41, 5.74) is 6.31. The maximum absolute atomic E-state index is 4.81. The van der Waals surface area contributed by atoms with Crippen molar-refractivity contribution in [3.8, 4) is 0 Å². The van der Waals surface area contributed by atoms with E-state index in [9.17, 15) is 0 Å². The maximum atomic E-state index is 4.81. The molecule has 0 amide bonds. The molecule has 0 atom stereocenters. The molecule has 0 aromatic heterocycles. The van der Waals surface area contributed by atoms with Gasteiger partial charge in [-0.15, -0.1) is 0 Å². The lowest BCUT2D eigenvalue weighted by Gasteiger charge is -2.29. The summed E-state index contributed by atoms with van der Waals surface area (Å²) in [6.07, 6.45) is 4.96. The van der Waals surface area contributed by atoms with Crippen LogP contribution in [-0.4, -0.2) is 18.8 Å². The lowest BCUT2D eigenvalue weighted by molar-refractivity contribution is 0.578. The summed E-state index contributed by atoms with van der Waals surface area (Å²) < 4.78 is 0. The molecule has 2 aliphatic rings. The van der Waals surface area contributed by atoms with Crippen LogP contribution in [0.15, 0.2) is 53.5 Å². The van der Waals surface area contributed by atoms with E-state index in [4.69, 9.17) is 4.99 Å². The zero-order valence-electron chi connectivity index (χ0n) is 12.3. The van der Waals surface area contributed by atoms with E-state index in [2.05, 4.69) is 53.4 Å². The molecule has 2 heterocycles. The fourth-order valence-electron chi connectivity index (χ4n) is 3.34. The van der Waals surface area contributed by atoms with E-state index < -0.39 is 0 Å². The fraction of sp³-hybridized carbons (Fsp3) is 0.316. The van der Waals surface area contributed by atoms with Crippen molar-refractivity contribution in [2.24, 2.45) is 4.99 Å². The molecule has 2 aliphatic heterocycles. The molecule has 0 bridgehead atoms. The Kier molecular flexibility index (Phi) is 3.23. The Hall–Kier alpha value is -2.09. The van der Waals surface area contributed by atoms with Crippen LogP contribution in [0.3, 0.4) is 0 Å². The second-order valence-corrected chi connectivity index (χ2v) is 5.96. The van der Waals surface area contributed by atoms with Crippen LogP contribution in [0.5, 0.6) is 0 Å². The minimum atomic E-state index is 0.958. The summed E-state index contributed by atoms with van der Waals surface area (Å²) in [6.45, 7) is 2.38. The molecule has 0 aliphatic carbocycles. The van der Waals surface area contributed by atoms with Crippen LogP contribution >= 0.6 is 0 Å². The highest BCUT2D eigenvalue weighted by atomic mass is 15.1. The standard InChI is InChI=1S/C19H20N2/c1-4-11-21(12-5-1)17-9-6-8-15(13-17)19-14-16-7-2-3-10-18(16)20-19/h2-3,6-10,13H,1,4-5,11-12,14H2. The van der Waals surface area contributed by atoms with Gasteiger partial charge in [0, 0.05) is 25.2 Å². The molecule has 2 nitrogen and oxygen atoms in total. The average molecular weight is 276 g/mol. The predicted octanol–water partition coefficient (Wildman–Crippen LogP) is 4.35. The Labute approximate surface area is 126 Å². The molecule has 2 aromatic rings. The minimum Gasteiger partial charge on any atom is -0.372 e. The number of aliphatic imine (C=N–C) groups is 1. The van der Waals surface area contributed by atoms with Crippen LogP contribution in [0, 0.1) is 0 Å². The van der Waals surface area contributed by atoms with Crippen molar-refractivity contribution in [3.63, 3.8) is 0 Å². The fourth-order valence-corrected chi connectivity index (χ4v) is 3.34. The third-order valence-electron chi connectivity index (χ3n) is 4.51. The lowest BCUT2D eigenvalue weighted by Crippen LogP contribution is -2.29. The number of fused-ring (bicyclic) bond motifs is 1. The molecular formula is C19H20N2. The van der Waals surface area contributed by atoms with Gasteiger partial charge in [0.25, 0.3) is 0 Å². The smallest absolute Gasteiger partial charge is 0.0669 e. The van der Waals surface area contributed by atoms with Gasteiger partial charge < -0.3 is 4.90 Å². The van der Waals surface area contributed by atoms with Crippen LogP contribution in [0.1, 0.15) is 30.4 Å². The molecule has 21 heavy (non-hydrogen) atoms. The number of para-hydroxylation sites is 1. The molecule has 0 unspecified atom stereocenters. The first-order valence-corrected chi connectivity index (χ1v) is 7.91. The average Bonchev–Trinajstić information content (AvgIpc) is 3.00. The summed E-state index contributed by atoms with van der Waals surface area (Å²) in [4.78, 5) is 7.32. The van der Waals surface area contributed by atoms with Crippen molar-refractivity contribution < 1.29 is 0 Å². The highest BCUT2D eigenvalue weighted by Crippen LogP contribution is 2.29. The molecule has 2 aromatic carbocycles. The Morgan fingerprint density at radius 1 is 0.857 bits per heavy atom. The molecule has 0 saturated carbocycles. The van der Waals surface area contributed by atoms with Crippen molar-refractivity contribution in [1.82, 2.24) is 0 Å². The van der Waals surface area contributed by atoms with Gasteiger partial charge in [0.15, 0.2) is 0 Å². The third-order valence-corrected chi connectivity index (χ3v) is 4.51. The molecule has 4 rings (SSSR count). The van der Waals surface area contributed by atoms with Crippen molar-refractivity contribution in [3.05, 3.63) is 59.7 Å². The van der Waals surface area contributed by atoms with Gasteiger partial charge in [-0.1, -0.05) is 30.3 Å². The zero-order valence-corrected chi connectivity index (χ0v) is 12.3. The van der Waals surface area contributed by atoms with E-state index in [1.165, 1.54) is 54.9 Å². The second-order valence-electron chi connectivity index (χ2n) is 5.96. The van der Waals surface area contributed by atoms with E-state index in [1.54, 1.807) is 0 Å². The number of benzene rings is 2. The van der Waals surface area contributed by atoms with E-state index in [-0.39, 0.29) is 0 Å². The first-order valence-electron chi connectivity index (χ1n) is 7.91. The Balaban J connectivity index is 1.62. The number of nitrogens with zero attached hydrogens (tertiary/aromatic N) is 2. The van der Waals surface area contributed by atoms with Gasteiger partial charge in [0.05, 0.1) is 11.4 Å². The molecular weight excluding hydrogens is 256 g/mol. The summed E-state index contributed by atoms with van der Waals surface area (Å²) in [7, 11) is 0. The monoisotopic (exact) mass is 276 g/mol. The number of rotatable bonds is 2. The number of piperidine rings is 1. The van der Waals surface area contributed by atoms with Crippen LogP contribution in [0.4, 0.5) is 11.4 Å². The summed E-state index contributed by atoms with van der Waals surface area (Å²) in [6, 6.07) is 17.4. The van der Waals surface area contributed by atoms with Crippen molar-refractivity contribution >= 4 is 17.1 Å². The van der Waals surface area contributed by atoms with Crippen molar-refractivity contribution in [1.29, 1.82) is 0 Å². The molecule has 2 heteroatoms. The summed E-state index contributed by atoms with van der Waals surface area (Å²) in [5.74, 6) is 0. The predicted molar refractivity (Wildman–Crippen MR) is 88.8 cm³/mol. The highest BCUT2D eigenvalue weighted by Gasteiger charge is 2.17. The van der Waals surface area contributed by atoms with Crippen LogP contribution in [0.25, 0.3) is 0 Å². The number of hydrogen-bond donors (Lipinski definition) is 0. The van der Waals surface area contributed by atoms with Crippen molar-refractivity contribution in [2.45, 2.75) is 25.7 Å². The molecule has 0 N–H and O–H groups in total. The first kappa shape index (κ1) is 12.6. The second kappa shape index (κ2) is 5.36. The van der Waals surface area contributed by atoms with E-state index >= 15 is 0 Å². The Morgan fingerprint density at radius 2 is 1.71 bits per heavy atom. The van der Waals surface area contributed by atoms with Gasteiger partial charge in [0.1, 0.15) is 0 Å². The molecule has 0 radical (unpaired) electrons. The van der Waals surface area contributed by atoms with Gasteiger partial charge in [0.2, 0.25) is 0 Å². The van der Waals surface area contributed by atoms with Gasteiger partial charge in [-0.05, 0) is 48.6 Å². The molecule has 1 saturated heterocycles. The van der Waals surface area contributed by atoms with E-state index in [0.717, 1.165) is 12.1 Å². The summed E-state index contributed by atoms with van der Waals surface area (Å²) >= 11 is 0. The Morgan fingerprint density at radius 3 is 2.57 bits per heavy atom. The Bertz CT molecular complexity index is 681. The van der Waals surface area contributed by atoms with Gasteiger partial charge >= 0.3 is 0 Å². The van der Waals surface area contributed by atoms with Crippen molar-refractivity contribution in [2.75, 3.05) is 18.0 Å². The SMILES string of the molecule is c1cc(C2=Nc3ccccc3C2)cc(N2CCCCC2)c1. The summed E-state index contributed by atoms with van der Waals surface area (Å²) in [5, 5.41) is 0. The lowest BCUT2D eigenvalue weighted by atomic mass is 10.0. The van der Waals surface area contributed by atoms with Crippen LogP contribution < -0.4 is 4.90 Å². The first-order chi connectivity index (χ1) is 10.4.